The fourth-order valence-electron chi connectivity index (χ4n) is 8.12. The summed E-state index contributed by atoms with van der Waals surface area (Å²) >= 11 is 0. The molecule has 0 aliphatic carbocycles. The number of rotatable bonds is 29. The number of fused-ring (bicyclic) bond motifs is 2. The third kappa shape index (κ3) is 19.1. The molecule has 0 saturated carbocycles. The molecule has 0 bridgehead atoms. The van der Waals surface area contributed by atoms with Crippen LogP contribution in [0.2, 0.25) is 0 Å². The number of unbranched alkanes of at least 4 members (excludes halogenated alkanes) is 2. The molecule has 0 fully saturated rings. The molecule has 0 aromatic heterocycles. The molecule has 0 unspecified atom stereocenters. The number of guanidine groups is 2. The summed E-state index contributed by atoms with van der Waals surface area (Å²) in [7, 11) is 0. The van der Waals surface area contributed by atoms with Crippen molar-refractivity contribution < 1.29 is 38.1 Å². The van der Waals surface area contributed by atoms with E-state index in [4.69, 9.17) is 41.9 Å². The van der Waals surface area contributed by atoms with E-state index < -0.39 is 24.0 Å². The van der Waals surface area contributed by atoms with Gasteiger partial charge in [0.05, 0.1) is 13.2 Å². The highest BCUT2D eigenvalue weighted by Gasteiger charge is 2.25. The zero-order valence-corrected chi connectivity index (χ0v) is 43.1. The second-order valence-corrected chi connectivity index (χ2v) is 17.3. The SMILES string of the molecule is Cl.Cl.NC(N)=NCCCC[C@@H](NC(=O)CCCOc1ccc2ccccc2c1-c1c(OCCCC(=O)N[C@H](CCCCN=C(N)N)C(=O)OCc2ccccc2)ccc2ccccc12)C(=O)OCc1ccccc1. The third-order valence-electron chi connectivity index (χ3n) is 11.7. The zero-order chi connectivity index (χ0) is 50.9. The van der Waals surface area contributed by atoms with Crippen LogP contribution >= 0.6 is 24.8 Å². The lowest BCUT2D eigenvalue weighted by Gasteiger charge is -2.20. The molecule has 6 aromatic rings. The van der Waals surface area contributed by atoms with Crippen molar-refractivity contribution in [1.82, 2.24) is 10.6 Å². The fourth-order valence-corrected chi connectivity index (χ4v) is 8.12. The van der Waals surface area contributed by atoms with Crippen molar-refractivity contribution in [3.63, 3.8) is 0 Å². The Balaban J connectivity index is 0.00000593. The maximum Gasteiger partial charge on any atom is 0.328 e. The van der Waals surface area contributed by atoms with Crippen molar-refractivity contribution in [3.8, 4) is 22.6 Å². The van der Waals surface area contributed by atoms with E-state index in [1.165, 1.54) is 0 Å². The van der Waals surface area contributed by atoms with Crippen LogP contribution in [0.3, 0.4) is 0 Å². The third-order valence-corrected chi connectivity index (χ3v) is 11.7. The number of carbonyl (C=O) groups is 4. The lowest BCUT2D eigenvalue weighted by molar-refractivity contribution is -0.149. The summed E-state index contributed by atoms with van der Waals surface area (Å²) in [6, 6.07) is 40.9. The lowest BCUT2D eigenvalue weighted by atomic mass is 9.92. The van der Waals surface area contributed by atoms with E-state index in [-0.39, 0.29) is 87.8 Å². The van der Waals surface area contributed by atoms with Gasteiger partial charge < -0.3 is 52.5 Å². The molecule has 394 valence electrons. The number of halogens is 2. The summed E-state index contributed by atoms with van der Waals surface area (Å²) in [5.74, 6) is -0.454. The monoisotopic (exact) mass is 1050 g/mol. The summed E-state index contributed by atoms with van der Waals surface area (Å²) in [5.41, 5.74) is 25.2. The quantitative estimate of drug-likeness (QED) is 0.0113. The molecule has 2 atom stereocenters. The molecule has 0 radical (unpaired) electrons. The van der Waals surface area contributed by atoms with Crippen LogP contribution in [0, 0.1) is 0 Å². The minimum atomic E-state index is -0.850. The molecule has 10 N–H and O–H groups in total. The number of nitrogens with zero attached hydrogens (tertiary/aromatic N) is 2. The predicted molar refractivity (Wildman–Crippen MR) is 296 cm³/mol. The van der Waals surface area contributed by atoms with Gasteiger partial charge in [-0.25, -0.2) is 9.59 Å². The number of amides is 2. The van der Waals surface area contributed by atoms with Gasteiger partial charge in [0, 0.05) is 37.1 Å². The van der Waals surface area contributed by atoms with Crippen LogP contribution in [0.4, 0.5) is 0 Å². The molecule has 0 aliphatic rings. The highest BCUT2D eigenvalue weighted by Crippen LogP contribution is 2.45. The smallest absolute Gasteiger partial charge is 0.328 e. The highest BCUT2D eigenvalue weighted by molar-refractivity contribution is 6.09. The van der Waals surface area contributed by atoms with Crippen LogP contribution in [0.5, 0.6) is 11.5 Å². The van der Waals surface area contributed by atoms with Crippen molar-refractivity contribution >= 4 is 82.0 Å². The fraction of sp³-hybridized carbons (Fsp3) is 0.321. The van der Waals surface area contributed by atoms with E-state index in [2.05, 4.69) is 20.6 Å². The maximum absolute atomic E-state index is 13.4. The first-order chi connectivity index (χ1) is 35.0. The molecule has 0 heterocycles. The van der Waals surface area contributed by atoms with Gasteiger partial charge in [0.2, 0.25) is 11.8 Å². The Kier molecular flexibility index (Phi) is 25.4. The summed E-state index contributed by atoms with van der Waals surface area (Å²) in [6.45, 7) is 1.39. The average molecular weight is 1050 g/mol. The summed E-state index contributed by atoms with van der Waals surface area (Å²) in [6.07, 6.45) is 4.06. The molecule has 0 aliphatic heterocycles. The molecule has 6 rings (SSSR count). The molecular formula is C56H68Cl2N8O8. The van der Waals surface area contributed by atoms with E-state index >= 15 is 0 Å². The minimum Gasteiger partial charge on any atom is -0.493 e. The number of aliphatic imine (C=N–C) groups is 2. The standard InChI is InChI=1S/C56H66N8O8.2ClH/c57-55(58)61-33-13-11-25-45(53(67)71-37-39-17-3-1-4-18-39)63-49(65)27-15-35-69-47-31-29-41-21-7-9-23-43(41)51(47)52-44-24-10-8-22-42(44)30-32-48(52)70-36-16-28-50(66)64-46(26-12-14-34-62-56(59)60)54(68)72-38-40-19-5-2-6-20-40;;/h1-10,17-24,29-32,45-46H,11-16,25-28,33-38H2,(H,63,65)(H,64,66)(H4,57,58,61)(H4,59,60,62);2*1H/t45-,46-;;/m1../s1. The lowest BCUT2D eigenvalue weighted by Crippen LogP contribution is -2.41. The van der Waals surface area contributed by atoms with Crippen LogP contribution in [0.25, 0.3) is 32.7 Å². The van der Waals surface area contributed by atoms with Crippen LogP contribution in [-0.2, 0) is 41.9 Å². The number of hydrogen-bond acceptors (Lipinski definition) is 10. The average Bonchev–Trinajstić information content (AvgIpc) is 3.39. The van der Waals surface area contributed by atoms with Crippen molar-refractivity contribution in [2.75, 3.05) is 26.3 Å². The minimum absolute atomic E-state index is 0. The number of carbonyl (C=O) groups excluding carboxylic acids is 4. The van der Waals surface area contributed by atoms with Gasteiger partial charge >= 0.3 is 11.9 Å². The molecule has 0 spiro atoms. The molecule has 0 saturated heterocycles. The summed E-state index contributed by atoms with van der Waals surface area (Å²) in [4.78, 5) is 61.3. The van der Waals surface area contributed by atoms with Crippen LogP contribution in [-0.4, -0.2) is 74.1 Å². The van der Waals surface area contributed by atoms with Crippen LogP contribution in [0.1, 0.15) is 75.3 Å². The number of esters is 2. The van der Waals surface area contributed by atoms with Gasteiger partial charge in [-0.15, -0.1) is 24.8 Å². The first-order valence-electron chi connectivity index (χ1n) is 24.5. The number of ether oxygens (including phenoxy) is 4. The second-order valence-electron chi connectivity index (χ2n) is 17.3. The normalized spacial score (nSPS) is 11.4. The Bertz CT molecular complexity index is 2590. The molecule has 18 heteroatoms. The Morgan fingerprint density at radius 3 is 1.23 bits per heavy atom. The summed E-state index contributed by atoms with van der Waals surface area (Å²) < 4.78 is 24.3. The molecule has 6 aromatic carbocycles. The first kappa shape index (κ1) is 59.0. The van der Waals surface area contributed by atoms with E-state index in [9.17, 15) is 19.2 Å². The zero-order valence-electron chi connectivity index (χ0n) is 41.5. The number of benzene rings is 6. The van der Waals surface area contributed by atoms with Crippen molar-refractivity contribution in [2.24, 2.45) is 32.9 Å². The molecular weight excluding hydrogens is 984 g/mol. The Labute approximate surface area is 444 Å². The largest absolute Gasteiger partial charge is 0.493 e. The number of nitrogens with one attached hydrogen (secondary N) is 2. The van der Waals surface area contributed by atoms with Crippen molar-refractivity contribution in [2.45, 2.75) is 89.5 Å². The number of hydrogen-bond donors (Lipinski definition) is 6. The van der Waals surface area contributed by atoms with Crippen molar-refractivity contribution in [3.05, 3.63) is 145 Å². The van der Waals surface area contributed by atoms with Crippen LogP contribution < -0.4 is 43.0 Å². The second kappa shape index (κ2) is 31.8. The van der Waals surface area contributed by atoms with Gasteiger partial charge in [0.1, 0.15) is 36.8 Å². The first-order valence-corrected chi connectivity index (χ1v) is 24.5. The Morgan fingerprint density at radius 1 is 0.459 bits per heavy atom. The summed E-state index contributed by atoms with van der Waals surface area (Å²) in [5, 5.41) is 9.63. The van der Waals surface area contributed by atoms with Crippen molar-refractivity contribution in [1.29, 1.82) is 0 Å². The van der Waals surface area contributed by atoms with Gasteiger partial charge in [-0.05, 0) is 96.2 Å². The van der Waals surface area contributed by atoms with Gasteiger partial charge in [-0.1, -0.05) is 121 Å². The maximum atomic E-state index is 13.4. The Morgan fingerprint density at radius 2 is 0.838 bits per heavy atom. The van der Waals surface area contributed by atoms with Gasteiger partial charge in [-0.2, -0.15) is 0 Å². The van der Waals surface area contributed by atoms with Gasteiger partial charge in [-0.3, -0.25) is 19.6 Å². The molecule has 2 amide bonds. The van der Waals surface area contributed by atoms with Gasteiger partial charge in [0.15, 0.2) is 11.9 Å². The van der Waals surface area contributed by atoms with E-state index in [1.54, 1.807) is 0 Å². The molecule has 74 heavy (non-hydrogen) atoms. The number of nitrogens with two attached hydrogens (primary N) is 4. The highest BCUT2D eigenvalue weighted by atomic mass is 35.5. The van der Waals surface area contributed by atoms with E-state index in [0.717, 1.165) is 43.8 Å². The topological polar surface area (TPSA) is 258 Å². The molecule has 16 nitrogen and oxygen atoms in total. The van der Waals surface area contributed by atoms with E-state index in [0.29, 0.717) is 76.0 Å². The van der Waals surface area contributed by atoms with E-state index in [1.807, 2.05) is 133 Å². The predicted octanol–water partition coefficient (Wildman–Crippen LogP) is 8.17. The Hall–Kier alpha value is -7.56. The van der Waals surface area contributed by atoms with Gasteiger partial charge in [0.25, 0.3) is 0 Å². The van der Waals surface area contributed by atoms with Crippen LogP contribution in [0.15, 0.2) is 143 Å².